The molecule has 98 valence electrons. The molecule has 0 saturated carbocycles. The van der Waals surface area contributed by atoms with Gasteiger partial charge in [0.05, 0.1) is 0 Å². The van der Waals surface area contributed by atoms with Crippen molar-refractivity contribution < 1.29 is 9.90 Å². The number of aryl methyl sites for hydroxylation is 1. The highest BCUT2D eigenvalue weighted by Crippen LogP contribution is 2.15. The van der Waals surface area contributed by atoms with Crippen molar-refractivity contribution in [2.45, 2.75) is 19.9 Å². The molecule has 0 bridgehead atoms. The van der Waals surface area contributed by atoms with Gasteiger partial charge in [0.2, 0.25) is 5.95 Å². The third-order valence-corrected chi connectivity index (χ3v) is 3.30. The van der Waals surface area contributed by atoms with Crippen LogP contribution in [0, 0.1) is 6.92 Å². The van der Waals surface area contributed by atoms with Gasteiger partial charge < -0.3 is 14.9 Å². The monoisotopic (exact) mass is 250 g/mol. The minimum absolute atomic E-state index is 0.0593. The van der Waals surface area contributed by atoms with E-state index in [9.17, 15) is 4.79 Å². The molecular formula is C12H18N4O2. The highest BCUT2D eigenvalue weighted by molar-refractivity contribution is 5.85. The highest BCUT2D eigenvalue weighted by Gasteiger charge is 2.23. The van der Waals surface area contributed by atoms with Gasteiger partial charge in [-0.1, -0.05) is 0 Å². The molecule has 0 aliphatic carbocycles. The first-order chi connectivity index (χ1) is 8.47. The van der Waals surface area contributed by atoms with Gasteiger partial charge in [-0.15, -0.1) is 0 Å². The molecule has 0 spiro atoms. The van der Waals surface area contributed by atoms with Crippen LogP contribution in [0.1, 0.15) is 23.1 Å². The Balaban J connectivity index is 2.25. The van der Waals surface area contributed by atoms with Gasteiger partial charge in [-0.25, -0.2) is 14.8 Å². The fourth-order valence-electron chi connectivity index (χ4n) is 2.03. The lowest BCUT2D eigenvalue weighted by atomic mass is 10.2. The number of carbonyl (C=O) groups is 1. The summed E-state index contributed by atoms with van der Waals surface area (Å²) in [6, 6.07) is 1.90. The first-order valence-electron chi connectivity index (χ1n) is 6.01. The van der Waals surface area contributed by atoms with Crippen molar-refractivity contribution in [2.75, 3.05) is 31.6 Å². The summed E-state index contributed by atoms with van der Waals surface area (Å²) in [5.74, 6) is -0.490. The second-order valence-electron chi connectivity index (χ2n) is 4.78. The van der Waals surface area contributed by atoms with Crippen molar-refractivity contribution in [1.82, 2.24) is 14.9 Å². The summed E-state index contributed by atoms with van der Waals surface area (Å²) in [4.78, 5) is 23.7. The molecule has 1 atom stereocenters. The Morgan fingerprint density at radius 3 is 2.78 bits per heavy atom. The minimum atomic E-state index is -1.01. The van der Waals surface area contributed by atoms with E-state index in [2.05, 4.69) is 28.8 Å². The third kappa shape index (κ3) is 2.59. The molecule has 1 aromatic rings. The van der Waals surface area contributed by atoms with Gasteiger partial charge in [0.1, 0.15) is 0 Å². The number of hydrogen-bond acceptors (Lipinski definition) is 5. The SMILES string of the molecule is Cc1cc(C(=O)O)nc(N2CCN(C)C(C)C2)n1. The van der Waals surface area contributed by atoms with E-state index in [-0.39, 0.29) is 5.69 Å². The van der Waals surface area contributed by atoms with E-state index in [1.807, 2.05) is 4.90 Å². The van der Waals surface area contributed by atoms with Crippen molar-refractivity contribution in [1.29, 1.82) is 0 Å². The van der Waals surface area contributed by atoms with E-state index in [1.54, 1.807) is 6.92 Å². The number of aromatic carboxylic acids is 1. The van der Waals surface area contributed by atoms with Crippen molar-refractivity contribution >= 4 is 11.9 Å². The third-order valence-electron chi connectivity index (χ3n) is 3.30. The van der Waals surface area contributed by atoms with Gasteiger partial charge in [-0.2, -0.15) is 0 Å². The number of likely N-dealkylation sites (N-methyl/N-ethyl adjacent to an activating group) is 1. The molecule has 1 saturated heterocycles. The minimum Gasteiger partial charge on any atom is -0.477 e. The van der Waals surface area contributed by atoms with Crippen LogP contribution in [0.25, 0.3) is 0 Å². The molecule has 2 heterocycles. The summed E-state index contributed by atoms with van der Waals surface area (Å²) in [6.45, 7) is 6.50. The van der Waals surface area contributed by atoms with Gasteiger partial charge in [0, 0.05) is 31.4 Å². The largest absolute Gasteiger partial charge is 0.477 e. The topological polar surface area (TPSA) is 69.6 Å². The van der Waals surface area contributed by atoms with Crippen molar-refractivity contribution in [3.63, 3.8) is 0 Å². The maximum Gasteiger partial charge on any atom is 0.354 e. The highest BCUT2D eigenvalue weighted by atomic mass is 16.4. The van der Waals surface area contributed by atoms with E-state index in [0.29, 0.717) is 17.7 Å². The molecule has 1 unspecified atom stereocenters. The fourth-order valence-corrected chi connectivity index (χ4v) is 2.03. The van der Waals surface area contributed by atoms with Gasteiger partial charge in [0.15, 0.2) is 5.69 Å². The number of carboxylic acids is 1. The summed E-state index contributed by atoms with van der Waals surface area (Å²) in [6.07, 6.45) is 0. The normalized spacial score (nSPS) is 21.1. The number of carboxylic acid groups (broad SMARTS) is 1. The van der Waals surface area contributed by atoms with Gasteiger partial charge in [-0.05, 0) is 27.0 Å². The molecular weight excluding hydrogens is 232 g/mol. The maximum atomic E-state index is 11.0. The van der Waals surface area contributed by atoms with Crippen LogP contribution in [0.4, 0.5) is 5.95 Å². The Bertz CT molecular complexity index is 463. The molecule has 1 aliphatic heterocycles. The van der Waals surface area contributed by atoms with Crippen LogP contribution in [0.15, 0.2) is 6.07 Å². The van der Waals surface area contributed by atoms with E-state index in [1.165, 1.54) is 6.07 Å². The zero-order valence-corrected chi connectivity index (χ0v) is 10.9. The molecule has 2 rings (SSSR count). The van der Waals surface area contributed by atoms with Gasteiger partial charge in [-0.3, -0.25) is 0 Å². The molecule has 1 N–H and O–H groups in total. The summed E-state index contributed by atoms with van der Waals surface area (Å²) in [7, 11) is 2.09. The molecule has 1 aromatic heterocycles. The molecule has 6 heteroatoms. The number of rotatable bonds is 2. The molecule has 1 fully saturated rings. The average molecular weight is 250 g/mol. The smallest absolute Gasteiger partial charge is 0.354 e. The maximum absolute atomic E-state index is 11.0. The molecule has 1 aliphatic rings. The molecule has 0 radical (unpaired) electrons. The Morgan fingerprint density at radius 1 is 1.44 bits per heavy atom. The van der Waals surface area contributed by atoms with Crippen molar-refractivity contribution in [3.8, 4) is 0 Å². The van der Waals surface area contributed by atoms with Crippen LogP contribution in [-0.2, 0) is 0 Å². The van der Waals surface area contributed by atoms with Crippen molar-refractivity contribution in [3.05, 3.63) is 17.5 Å². The predicted octanol–water partition coefficient (Wildman–Crippen LogP) is 0.624. The zero-order chi connectivity index (χ0) is 13.3. The van der Waals surface area contributed by atoms with Crippen molar-refractivity contribution in [2.24, 2.45) is 0 Å². The second-order valence-corrected chi connectivity index (χ2v) is 4.78. The molecule has 6 nitrogen and oxygen atoms in total. The quantitative estimate of drug-likeness (QED) is 0.830. The Kier molecular flexibility index (Phi) is 3.47. The standard InChI is InChI=1S/C12H18N4O2/c1-8-6-10(11(17)18)14-12(13-8)16-5-4-15(3)9(2)7-16/h6,9H,4-5,7H2,1-3H3,(H,17,18). The number of aromatic nitrogens is 2. The lowest BCUT2D eigenvalue weighted by Gasteiger charge is -2.37. The summed E-state index contributed by atoms with van der Waals surface area (Å²) < 4.78 is 0. The van der Waals surface area contributed by atoms with Crippen LogP contribution in [0.5, 0.6) is 0 Å². The van der Waals surface area contributed by atoms with Crippen LogP contribution < -0.4 is 4.90 Å². The number of hydrogen-bond donors (Lipinski definition) is 1. The molecule has 0 amide bonds. The Hall–Kier alpha value is -1.69. The average Bonchev–Trinajstić information content (AvgIpc) is 2.31. The number of piperazine rings is 1. The lowest BCUT2D eigenvalue weighted by molar-refractivity contribution is 0.0690. The van der Waals surface area contributed by atoms with Crippen LogP contribution >= 0.6 is 0 Å². The lowest BCUT2D eigenvalue weighted by Crippen LogP contribution is -2.50. The zero-order valence-electron chi connectivity index (χ0n) is 10.9. The predicted molar refractivity (Wildman–Crippen MR) is 68.0 cm³/mol. The Morgan fingerprint density at radius 2 is 2.17 bits per heavy atom. The fraction of sp³-hybridized carbons (Fsp3) is 0.583. The van der Waals surface area contributed by atoms with E-state index < -0.39 is 5.97 Å². The Labute approximate surface area is 106 Å². The number of nitrogens with zero attached hydrogens (tertiary/aromatic N) is 4. The van der Waals surface area contributed by atoms with E-state index >= 15 is 0 Å². The van der Waals surface area contributed by atoms with E-state index in [4.69, 9.17) is 5.11 Å². The first kappa shape index (κ1) is 12.8. The van der Waals surface area contributed by atoms with Crippen LogP contribution in [-0.4, -0.2) is 58.7 Å². The molecule has 18 heavy (non-hydrogen) atoms. The van der Waals surface area contributed by atoms with Crippen LogP contribution in [0.3, 0.4) is 0 Å². The summed E-state index contributed by atoms with van der Waals surface area (Å²) >= 11 is 0. The molecule has 0 aromatic carbocycles. The van der Waals surface area contributed by atoms with Gasteiger partial charge in [0.25, 0.3) is 0 Å². The summed E-state index contributed by atoms with van der Waals surface area (Å²) in [5, 5.41) is 9.01. The van der Waals surface area contributed by atoms with E-state index in [0.717, 1.165) is 19.6 Å². The van der Waals surface area contributed by atoms with Crippen LogP contribution in [0.2, 0.25) is 0 Å². The van der Waals surface area contributed by atoms with Gasteiger partial charge >= 0.3 is 5.97 Å². The summed E-state index contributed by atoms with van der Waals surface area (Å²) in [5.41, 5.74) is 0.744. The second kappa shape index (κ2) is 4.89. The number of anilines is 1. The first-order valence-corrected chi connectivity index (χ1v) is 6.01.